The summed E-state index contributed by atoms with van der Waals surface area (Å²) in [5, 5.41) is 3.42. The van der Waals surface area contributed by atoms with Gasteiger partial charge < -0.3 is 11.1 Å². The average molecular weight is 395 g/mol. The standard InChI is InChI=1S/C14H20ClIN2O/c1-14(2,7-8-17)6-5-13(19)18-12-4-3-10(16)9-11(12)15/h3-4,9H,5-8,17H2,1-2H3,(H,18,19). The fourth-order valence-corrected chi connectivity index (χ4v) is 2.67. The summed E-state index contributed by atoms with van der Waals surface area (Å²) in [6.07, 6.45) is 2.22. The summed E-state index contributed by atoms with van der Waals surface area (Å²) in [7, 11) is 0. The van der Waals surface area contributed by atoms with Crippen molar-refractivity contribution in [3.05, 3.63) is 26.8 Å². The molecule has 0 spiro atoms. The van der Waals surface area contributed by atoms with Crippen molar-refractivity contribution in [2.24, 2.45) is 11.1 Å². The minimum absolute atomic E-state index is 0.00629. The summed E-state index contributed by atoms with van der Waals surface area (Å²) in [6, 6.07) is 5.57. The number of carbonyl (C=O) groups is 1. The zero-order valence-corrected chi connectivity index (χ0v) is 14.2. The van der Waals surface area contributed by atoms with Crippen LogP contribution in [0.25, 0.3) is 0 Å². The lowest BCUT2D eigenvalue weighted by molar-refractivity contribution is -0.116. The van der Waals surface area contributed by atoms with Gasteiger partial charge in [0, 0.05) is 9.99 Å². The Labute approximate surface area is 133 Å². The van der Waals surface area contributed by atoms with Crippen LogP contribution in [-0.2, 0) is 4.79 Å². The zero-order valence-electron chi connectivity index (χ0n) is 11.3. The highest BCUT2D eigenvalue weighted by atomic mass is 127. The molecule has 0 bridgehead atoms. The molecule has 0 fully saturated rings. The molecule has 0 unspecified atom stereocenters. The molecule has 0 aliphatic heterocycles. The number of nitrogens with two attached hydrogens (primary N) is 1. The second-order valence-corrected chi connectivity index (χ2v) is 7.03. The van der Waals surface area contributed by atoms with Crippen molar-refractivity contribution in [2.45, 2.75) is 33.1 Å². The Balaban J connectivity index is 2.52. The molecule has 106 valence electrons. The van der Waals surface area contributed by atoms with Crippen LogP contribution in [0.1, 0.15) is 33.1 Å². The first kappa shape index (κ1) is 16.7. The highest BCUT2D eigenvalue weighted by Gasteiger charge is 2.18. The van der Waals surface area contributed by atoms with Gasteiger partial charge in [-0.2, -0.15) is 0 Å². The van der Waals surface area contributed by atoms with Gasteiger partial charge in [-0.3, -0.25) is 4.79 Å². The summed E-state index contributed by atoms with van der Waals surface area (Å²) in [5.41, 5.74) is 6.33. The summed E-state index contributed by atoms with van der Waals surface area (Å²) < 4.78 is 1.05. The van der Waals surface area contributed by atoms with Crippen LogP contribution in [0.3, 0.4) is 0 Å². The Morgan fingerprint density at radius 2 is 2.11 bits per heavy atom. The fraction of sp³-hybridized carbons (Fsp3) is 0.500. The van der Waals surface area contributed by atoms with E-state index in [0.29, 0.717) is 23.7 Å². The largest absolute Gasteiger partial charge is 0.330 e. The number of carbonyl (C=O) groups excluding carboxylic acids is 1. The molecule has 1 amide bonds. The van der Waals surface area contributed by atoms with Crippen molar-refractivity contribution in [3.8, 4) is 0 Å². The van der Waals surface area contributed by atoms with Gasteiger partial charge in [0.1, 0.15) is 0 Å². The zero-order chi connectivity index (χ0) is 14.5. The van der Waals surface area contributed by atoms with E-state index in [0.717, 1.165) is 16.4 Å². The Bertz CT molecular complexity index is 449. The molecule has 0 heterocycles. The summed E-state index contributed by atoms with van der Waals surface area (Å²) in [5.74, 6) is -0.00629. The van der Waals surface area contributed by atoms with E-state index in [1.165, 1.54) is 0 Å². The lowest BCUT2D eigenvalue weighted by atomic mass is 9.84. The average Bonchev–Trinajstić information content (AvgIpc) is 2.30. The molecule has 0 atom stereocenters. The first-order valence-corrected chi connectivity index (χ1v) is 7.75. The fourth-order valence-electron chi connectivity index (χ4n) is 1.77. The number of anilines is 1. The molecule has 0 aromatic heterocycles. The van der Waals surface area contributed by atoms with Gasteiger partial charge in [0.15, 0.2) is 0 Å². The van der Waals surface area contributed by atoms with Gasteiger partial charge in [0.25, 0.3) is 0 Å². The Kier molecular flexibility index (Phi) is 6.56. The van der Waals surface area contributed by atoms with E-state index in [1.807, 2.05) is 18.2 Å². The minimum Gasteiger partial charge on any atom is -0.330 e. The molecule has 1 aromatic carbocycles. The Hall–Kier alpha value is -0.330. The molecule has 0 saturated heterocycles. The number of hydrogen-bond acceptors (Lipinski definition) is 2. The van der Waals surface area contributed by atoms with Gasteiger partial charge in [0.05, 0.1) is 10.7 Å². The van der Waals surface area contributed by atoms with Gasteiger partial charge in [-0.05, 0) is 65.6 Å². The summed E-state index contributed by atoms with van der Waals surface area (Å²) in [4.78, 5) is 11.9. The van der Waals surface area contributed by atoms with Crippen LogP contribution < -0.4 is 11.1 Å². The lowest BCUT2D eigenvalue weighted by Gasteiger charge is -2.23. The van der Waals surface area contributed by atoms with E-state index in [-0.39, 0.29) is 11.3 Å². The van der Waals surface area contributed by atoms with Crippen LogP contribution in [-0.4, -0.2) is 12.5 Å². The number of hydrogen-bond donors (Lipinski definition) is 2. The maximum Gasteiger partial charge on any atom is 0.224 e. The maximum atomic E-state index is 11.9. The minimum atomic E-state index is -0.00629. The molecule has 0 radical (unpaired) electrons. The Morgan fingerprint density at radius 3 is 2.68 bits per heavy atom. The lowest BCUT2D eigenvalue weighted by Crippen LogP contribution is -2.20. The number of amides is 1. The number of rotatable bonds is 6. The van der Waals surface area contributed by atoms with Crippen LogP contribution >= 0.6 is 34.2 Å². The first-order chi connectivity index (χ1) is 8.84. The molecular weight excluding hydrogens is 375 g/mol. The van der Waals surface area contributed by atoms with Crippen LogP contribution in [0.4, 0.5) is 5.69 Å². The summed E-state index contributed by atoms with van der Waals surface area (Å²) in [6.45, 7) is 4.91. The van der Waals surface area contributed by atoms with E-state index in [2.05, 4.69) is 41.8 Å². The van der Waals surface area contributed by atoms with Crippen LogP contribution in [0.5, 0.6) is 0 Å². The van der Waals surface area contributed by atoms with Crippen molar-refractivity contribution >= 4 is 45.8 Å². The molecule has 0 aliphatic rings. The number of halogens is 2. The molecular formula is C14H20ClIN2O. The number of benzene rings is 1. The monoisotopic (exact) mass is 394 g/mol. The topological polar surface area (TPSA) is 55.1 Å². The van der Waals surface area contributed by atoms with Crippen molar-refractivity contribution in [3.63, 3.8) is 0 Å². The van der Waals surface area contributed by atoms with Gasteiger partial charge >= 0.3 is 0 Å². The Morgan fingerprint density at radius 1 is 1.42 bits per heavy atom. The highest BCUT2D eigenvalue weighted by Crippen LogP contribution is 2.27. The third-order valence-corrected chi connectivity index (χ3v) is 4.04. The van der Waals surface area contributed by atoms with Gasteiger partial charge in [-0.15, -0.1) is 0 Å². The van der Waals surface area contributed by atoms with Gasteiger partial charge in [0.2, 0.25) is 5.91 Å². The van der Waals surface area contributed by atoms with E-state index < -0.39 is 0 Å². The van der Waals surface area contributed by atoms with Gasteiger partial charge in [-0.25, -0.2) is 0 Å². The summed E-state index contributed by atoms with van der Waals surface area (Å²) >= 11 is 8.26. The first-order valence-electron chi connectivity index (χ1n) is 6.29. The maximum absolute atomic E-state index is 11.9. The van der Waals surface area contributed by atoms with Crippen molar-refractivity contribution in [1.82, 2.24) is 0 Å². The molecule has 3 N–H and O–H groups in total. The molecule has 0 saturated carbocycles. The van der Waals surface area contributed by atoms with Crippen LogP contribution in [0, 0.1) is 8.99 Å². The second-order valence-electron chi connectivity index (χ2n) is 5.38. The van der Waals surface area contributed by atoms with Crippen molar-refractivity contribution < 1.29 is 4.79 Å². The molecule has 5 heteroatoms. The SMILES string of the molecule is CC(C)(CCN)CCC(=O)Nc1ccc(I)cc1Cl. The van der Waals surface area contributed by atoms with Crippen LogP contribution in [0.15, 0.2) is 18.2 Å². The molecule has 1 aromatic rings. The quantitative estimate of drug-likeness (QED) is 0.716. The normalized spacial score (nSPS) is 11.4. The molecule has 19 heavy (non-hydrogen) atoms. The smallest absolute Gasteiger partial charge is 0.224 e. The number of nitrogens with one attached hydrogen (secondary N) is 1. The highest BCUT2D eigenvalue weighted by molar-refractivity contribution is 14.1. The van der Waals surface area contributed by atoms with E-state index in [1.54, 1.807) is 0 Å². The second kappa shape index (κ2) is 7.45. The predicted molar refractivity (Wildman–Crippen MR) is 89.5 cm³/mol. The van der Waals surface area contributed by atoms with E-state index >= 15 is 0 Å². The molecule has 0 aliphatic carbocycles. The van der Waals surface area contributed by atoms with Crippen molar-refractivity contribution in [1.29, 1.82) is 0 Å². The third kappa shape index (κ3) is 6.10. The predicted octanol–water partition coefficient (Wildman–Crippen LogP) is 4.04. The van der Waals surface area contributed by atoms with Crippen molar-refractivity contribution in [2.75, 3.05) is 11.9 Å². The van der Waals surface area contributed by atoms with Crippen LogP contribution in [0.2, 0.25) is 5.02 Å². The van der Waals surface area contributed by atoms with Gasteiger partial charge in [-0.1, -0.05) is 25.4 Å². The molecule has 3 nitrogen and oxygen atoms in total. The van der Waals surface area contributed by atoms with E-state index in [4.69, 9.17) is 17.3 Å². The molecule has 1 rings (SSSR count). The third-order valence-electron chi connectivity index (χ3n) is 3.06. The van der Waals surface area contributed by atoms with E-state index in [9.17, 15) is 4.79 Å².